The highest BCUT2D eigenvalue weighted by atomic mass is 32.2. The van der Waals surface area contributed by atoms with Crippen LogP contribution < -0.4 is 25.6 Å². The van der Waals surface area contributed by atoms with Gasteiger partial charge in [-0.2, -0.15) is 0 Å². The molecular formula is C20H24N4O6S. The first kappa shape index (κ1) is 23.8. The number of methoxy groups -OCH3 is 1. The predicted molar refractivity (Wildman–Crippen MR) is 112 cm³/mol. The standard InChI is InChI=1S/C20H24N4O6S/c1-14-3-9-17(10-4-14)31(28,29)22-13-19(26)21-12-20(27)24-23-18(25)11-15-5-7-16(30-2)8-6-15/h3-10,22H,11-13H2,1-2H3,(H,21,26)(H,23,25)(H,24,27). The lowest BCUT2D eigenvalue weighted by Crippen LogP contribution is -2.48. The molecule has 3 amide bonds. The summed E-state index contributed by atoms with van der Waals surface area (Å²) >= 11 is 0. The first-order valence-electron chi connectivity index (χ1n) is 9.23. The van der Waals surface area contributed by atoms with Gasteiger partial charge in [-0.05, 0) is 36.8 Å². The Morgan fingerprint density at radius 1 is 0.839 bits per heavy atom. The maximum absolute atomic E-state index is 12.1. The fraction of sp³-hybridized carbons (Fsp3) is 0.250. The summed E-state index contributed by atoms with van der Waals surface area (Å²) in [4.78, 5) is 35.4. The number of carbonyl (C=O) groups is 3. The molecule has 10 nitrogen and oxygen atoms in total. The zero-order valence-corrected chi connectivity index (χ0v) is 17.9. The van der Waals surface area contributed by atoms with Gasteiger partial charge in [0.1, 0.15) is 5.75 Å². The number of hydrazine groups is 1. The van der Waals surface area contributed by atoms with Crippen molar-refractivity contribution in [2.45, 2.75) is 18.2 Å². The van der Waals surface area contributed by atoms with Crippen molar-refractivity contribution in [3.8, 4) is 5.75 Å². The van der Waals surface area contributed by atoms with Crippen LogP contribution in [-0.2, 0) is 30.8 Å². The van der Waals surface area contributed by atoms with Crippen LogP contribution in [0.3, 0.4) is 0 Å². The minimum atomic E-state index is -3.84. The van der Waals surface area contributed by atoms with Gasteiger partial charge >= 0.3 is 0 Å². The fourth-order valence-electron chi connectivity index (χ4n) is 2.36. The molecule has 0 aliphatic carbocycles. The molecule has 0 aromatic heterocycles. The van der Waals surface area contributed by atoms with E-state index in [0.717, 1.165) is 11.1 Å². The molecule has 166 valence electrons. The molecule has 11 heteroatoms. The number of carbonyl (C=O) groups excluding carboxylic acids is 3. The number of hydrogen-bond acceptors (Lipinski definition) is 6. The molecule has 0 bridgehead atoms. The van der Waals surface area contributed by atoms with Crippen LogP contribution >= 0.6 is 0 Å². The van der Waals surface area contributed by atoms with E-state index in [1.807, 2.05) is 6.92 Å². The minimum Gasteiger partial charge on any atom is -0.497 e. The van der Waals surface area contributed by atoms with E-state index in [2.05, 4.69) is 20.9 Å². The Morgan fingerprint density at radius 2 is 1.45 bits per heavy atom. The van der Waals surface area contributed by atoms with Crippen LogP contribution in [0.5, 0.6) is 5.75 Å². The Hall–Kier alpha value is -3.44. The average molecular weight is 449 g/mol. The van der Waals surface area contributed by atoms with E-state index < -0.39 is 40.8 Å². The average Bonchev–Trinajstić information content (AvgIpc) is 2.75. The van der Waals surface area contributed by atoms with Gasteiger partial charge in [0.25, 0.3) is 5.91 Å². The minimum absolute atomic E-state index is 0.0308. The van der Waals surface area contributed by atoms with E-state index in [1.54, 1.807) is 36.4 Å². The number of rotatable bonds is 9. The zero-order valence-electron chi connectivity index (χ0n) is 17.1. The number of aryl methyl sites for hydroxylation is 1. The van der Waals surface area contributed by atoms with Gasteiger partial charge in [-0.25, -0.2) is 13.1 Å². The van der Waals surface area contributed by atoms with Crippen LogP contribution in [0.25, 0.3) is 0 Å². The topological polar surface area (TPSA) is 143 Å². The van der Waals surface area contributed by atoms with E-state index in [0.29, 0.717) is 5.75 Å². The molecule has 0 aliphatic rings. The number of benzene rings is 2. The maximum atomic E-state index is 12.1. The molecule has 0 heterocycles. The Bertz CT molecular complexity index is 1020. The molecule has 0 atom stereocenters. The van der Waals surface area contributed by atoms with Gasteiger partial charge in [-0.1, -0.05) is 29.8 Å². The molecule has 2 aromatic rings. The lowest BCUT2D eigenvalue weighted by molar-refractivity contribution is -0.129. The molecule has 0 radical (unpaired) electrons. The van der Waals surface area contributed by atoms with Crippen LogP contribution in [0.2, 0.25) is 0 Å². The highest BCUT2D eigenvalue weighted by Gasteiger charge is 2.15. The second-order valence-corrected chi connectivity index (χ2v) is 8.30. The Balaban J connectivity index is 1.68. The fourth-order valence-corrected chi connectivity index (χ4v) is 3.34. The summed E-state index contributed by atoms with van der Waals surface area (Å²) in [5.74, 6) is -1.15. The number of sulfonamides is 1. The SMILES string of the molecule is COc1ccc(CC(=O)NNC(=O)CNC(=O)CNS(=O)(=O)c2ccc(C)cc2)cc1. The second kappa shape index (κ2) is 11.1. The molecule has 0 unspecified atom stereocenters. The van der Waals surface area contributed by atoms with Crippen LogP contribution in [0.1, 0.15) is 11.1 Å². The second-order valence-electron chi connectivity index (χ2n) is 6.54. The van der Waals surface area contributed by atoms with Crippen LogP contribution in [0.4, 0.5) is 0 Å². The number of hydrogen-bond donors (Lipinski definition) is 4. The Kier molecular flexibility index (Phi) is 8.53. The van der Waals surface area contributed by atoms with Crippen molar-refractivity contribution in [2.75, 3.05) is 20.2 Å². The summed E-state index contributed by atoms with van der Waals surface area (Å²) in [6, 6.07) is 13.0. The van der Waals surface area contributed by atoms with Gasteiger partial charge in [0.15, 0.2) is 0 Å². The monoisotopic (exact) mass is 448 g/mol. The molecule has 0 fully saturated rings. The quantitative estimate of drug-likeness (QED) is 0.391. The van der Waals surface area contributed by atoms with Gasteiger partial charge in [-0.15, -0.1) is 0 Å². The first-order valence-corrected chi connectivity index (χ1v) is 10.7. The van der Waals surface area contributed by atoms with E-state index in [1.165, 1.54) is 19.2 Å². The number of ether oxygens (including phenoxy) is 1. The van der Waals surface area contributed by atoms with Crippen molar-refractivity contribution >= 4 is 27.7 Å². The van der Waals surface area contributed by atoms with Crippen molar-refractivity contribution in [2.24, 2.45) is 0 Å². The molecule has 31 heavy (non-hydrogen) atoms. The molecule has 0 spiro atoms. The van der Waals surface area contributed by atoms with Crippen molar-refractivity contribution in [1.29, 1.82) is 0 Å². The largest absolute Gasteiger partial charge is 0.497 e. The van der Waals surface area contributed by atoms with Crippen LogP contribution in [0.15, 0.2) is 53.4 Å². The predicted octanol–water partition coefficient (Wildman–Crippen LogP) is -0.212. The van der Waals surface area contributed by atoms with E-state index in [-0.39, 0.29) is 11.3 Å². The lowest BCUT2D eigenvalue weighted by Gasteiger charge is -2.10. The third-order valence-corrected chi connectivity index (χ3v) is 5.48. The van der Waals surface area contributed by atoms with Gasteiger partial charge in [0, 0.05) is 0 Å². The molecule has 2 rings (SSSR count). The molecule has 2 aromatic carbocycles. The normalized spacial score (nSPS) is 10.8. The van der Waals surface area contributed by atoms with Crippen molar-refractivity contribution in [1.82, 2.24) is 20.9 Å². The van der Waals surface area contributed by atoms with Crippen molar-refractivity contribution in [3.05, 3.63) is 59.7 Å². The van der Waals surface area contributed by atoms with Gasteiger partial charge in [0.2, 0.25) is 21.8 Å². The third kappa shape index (κ3) is 8.07. The smallest absolute Gasteiger partial charge is 0.257 e. The van der Waals surface area contributed by atoms with Crippen LogP contribution in [0, 0.1) is 6.92 Å². The maximum Gasteiger partial charge on any atom is 0.257 e. The van der Waals surface area contributed by atoms with Crippen molar-refractivity contribution < 1.29 is 27.5 Å². The molecule has 0 saturated carbocycles. The summed E-state index contributed by atoms with van der Waals surface area (Å²) in [6.07, 6.45) is 0.0391. The van der Waals surface area contributed by atoms with E-state index in [4.69, 9.17) is 4.74 Å². The van der Waals surface area contributed by atoms with Gasteiger partial charge in [0.05, 0.1) is 31.5 Å². The zero-order chi connectivity index (χ0) is 22.9. The lowest BCUT2D eigenvalue weighted by atomic mass is 10.1. The van der Waals surface area contributed by atoms with Crippen molar-refractivity contribution in [3.63, 3.8) is 0 Å². The Morgan fingerprint density at radius 3 is 2.06 bits per heavy atom. The summed E-state index contributed by atoms with van der Waals surface area (Å²) in [7, 11) is -2.31. The number of nitrogens with one attached hydrogen (secondary N) is 4. The highest BCUT2D eigenvalue weighted by molar-refractivity contribution is 7.89. The molecular weight excluding hydrogens is 424 g/mol. The summed E-state index contributed by atoms with van der Waals surface area (Å²) < 4.78 is 31.4. The van der Waals surface area contributed by atoms with Crippen LogP contribution in [-0.4, -0.2) is 46.3 Å². The molecule has 0 aliphatic heterocycles. The highest BCUT2D eigenvalue weighted by Crippen LogP contribution is 2.11. The van der Waals surface area contributed by atoms with E-state index >= 15 is 0 Å². The third-order valence-electron chi connectivity index (χ3n) is 4.07. The molecule has 0 saturated heterocycles. The van der Waals surface area contributed by atoms with E-state index in [9.17, 15) is 22.8 Å². The molecule has 4 N–H and O–H groups in total. The van der Waals surface area contributed by atoms with Gasteiger partial charge in [-0.3, -0.25) is 25.2 Å². The Labute approximate surface area is 180 Å². The summed E-state index contributed by atoms with van der Waals surface area (Å²) in [5, 5.41) is 2.26. The van der Waals surface area contributed by atoms with Gasteiger partial charge < -0.3 is 10.1 Å². The first-order chi connectivity index (χ1) is 14.7. The number of amides is 3. The summed E-state index contributed by atoms with van der Waals surface area (Å²) in [6.45, 7) is 0.852. The summed E-state index contributed by atoms with van der Waals surface area (Å²) in [5.41, 5.74) is 6.03.